The van der Waals surface area contributed by atoms with E-state index in [2.05, 4.69) is 5.32 Å². The molecule has 0 atom stereocenters. The number of amides is 1. The Balaban J connectivity index is 1.69. The van der Waals surface area contributed by atoms with Gasteiger partial charge >= 0.3 is 0 Å². The molecule has 3 aromatic rings. The lowest BCUT2D eigenvalue weighted by molar-refractivity contribution is 0.0994. The van der Waals surface area contributed by atoms with Crippen LogP contribution in [0.4, 0.5) is 5.69 Å². The van der Waals surface area contributed by atoms with E-state index in [0.717, 1.165) is 5.56 Å². The molecule has 0 aliphatic rings. The van der Waals surface area contributed by atoms with Crippen LogP contribution in [0, 0.1) is 6.92 Å². The summed E-state index contributed by atoms with van der Waals surface area (Å²) in [5.41, 5.74) is 1.51. The number of halogens is 1. The number of rotatable bonds is 6. The Morgan fingerprint density at radius 1 is 1.11 bits per heavy atom. The summed E-state index contributed by atoms with van der Waals surface area (Å²) < 4.78 is 32.0. The standard InChI is InChI=1S/C20H19ClN2O4S/c1-14-6-9-18(10-7-14)28(25,26)23(2)13-17-8-11-19(27-17)20(24)22-16-5-3-4-15(21)12-16/h3-12H,13H2,1-2H3,(H,22,24). The van der Waals surface area contributed by atoms with Gasteiger partial charge in [-0.25, -0.2) is 8.42 Å². The maximum Gasteiger partial charge on any atom is 0.291 e. The summed E-state index contributed by atoms with van der Waals surface area (Å²) >= 11 is 5.90. The molecule has 0 saturated carbocycles. The van der Waals surface area contributed by atoms with Crippen LogP contribution in [0.2, 0.25) is 5.02 Å². The highest BCUT2D eigenvalue weighted by atomic mass is 35.5. The minimum Gasteiger partial charge on any atom is -0.455 e. The van der Waals surface area contributed by atoms with E-state index >= 15 is 0 Å². The maximum atomic E-state index is 12.7. The van der Waals surface area contributed by atoms with Gasteiger partial charge in [-0.15, -0.1) is 0 Å². The number of nitrogens with one attached hydrogen (secondary N) is 1. The monoisotopic (exact) mass is 418 g/mol. The average Bonchev–Trinajstić information content (AvgIpc) is 3.11. The van der Waals surface area contributed by atoms with Crippen molar-refractivity contribution >= 4 is 33.2 Å². The van der Waals surface area contributed by atoms with Gasteiger partial charge in [-0.05, 0) is 49.4 Å². The summed E-state index contributed by atoms with van der Waals surface area (Å²) in [4.78, 5) is 12.5. The molecule has 1 amide bonds. The molecule has 2 aromatic carbocycles. The van der Waals surface area contributed by atoms with E-state index in [1.807, 2.05) is 6.92 Å². The third kappa shape index (κ3) is 4.62. The first-order valence-corrected chi connectivity index (χ1v) is 10.3. The van der Waals surface area contributed by atoms with Crippen LogP contribution in [0.1, 0.15) is 21.9 Å². The van der Waals surface area contributed by atoms with Crippen LogP contribution in [-0.2, 0) is 16.6 Å². The molecule has 0 saturated heterocycles. The maximum absolute atomic E-state index is 12.7. The van der Waals surface area contributed by atoms with E-state index in [0.29, 0.717) is 16.5 Å². The van der Waals surface area contributed by atoms with Gasteiger partial charge in [0.05, 0.1) is 11.4 Å². The lowest BCUT2D eigenvalue weighted by Gasteiger charge is -2.16. The lowest BCUT2D eigenvalue weighted by atomic mass is 10.2. The zero-order valence-electron chi connectivity index (χ0n) is 15.3. The molecule has 6 nitrogen and oxygen atoms in total. The lowest BCUT2D eigenvalue weighted by Crippen LogP contribution is -2.26. The van der Waals surface area contributed by atoms with Crippen molar-refractivity contribution in [3.8, 4) is 0 Å². The van der Waals surface area contributed by atoms with Gasteiger partial charge in [-0.1, -0.05) is 35.4 Å². The van der Waals surface area contributed by atoms with Gasteiger partial charge in [0.2, 0.25) is 10.0 Å². The number of carbonyl (C=O) groups excluding carboxylic acids is 1. The van der Waals surface area contributed by atoms with Gasteiger partial charge in [0.25, 0.3) is 5.91 Å². The second kappa shape index (κ2) is 8.18. The van der Waals surface area contributed by atoms with Crippen LogP contribution in [0.5, 0.6) is 0 Å². The number of benzene rings is 2. The second-order valence-electron chi connectivity index (χ2n) is 6.30. The summed E-state index contributed by atoms with van der Waals surface area (Å²) in [5.74, 6) is -0.0110. The molecule has 0 aliphatic heterocycles. The predicted molar refractivity (Wildman–Crippen MR) is 108 cm³/mol. The van der Waals surface area contributed by atoms with Crippen LogP contribution in [-0.4, -0.2) is 25.7 Å². The second-order valence-corrected chi connectivity index (χ2v) is 8.79. The molecule has 28 heavy (non-hydrogen) atoms. The van der Waals surface area contributed by atoms with Crippen LogP contribution >= 0.6 is 11.6 Å². The Hall–Kier alpha value is -2.61. The number of hydrogen-bond acceptors (Lipinski definition) is 4. The van der Waals surface area contributed by atoms with Crippen molar-refractivity contribution in [1.29, 1.82) is 0 Å². The molecular formula is C20H19ClN2O4S. The van der Waals surface area contributed by atoms with Crippen molar-refractivity contribution < 1.29 is 17.6 Å². The van der Waals surface area contributed by atoms with Crippen molar-refractivity contribution in [2.45, 2.75) is 18.4 Å². The van der Waals surface area contributed by atoms with Crippen molar-refractivity contribution in [1.82, 2.24) is 4.31 Å². The number of nitrogens with zero attached hydrogens (tertiary/aromatic N) is 1. The van der Waals surface area contributed by atoms with Gasteiger partial charge in [-0.3, -0.25) is 4.79 Å². The average molecular weight is 419 g/mol. The molecular weight excluding hydrogens is 400 g/mol. The number of furan rings is 1. The molecule has 3 rings (SSSR count). The molecule has 1 heterocycles. The molecule has 0 fully saturated rings. The molecule has 0 spiro atoms. The minimum atomic E-state index is -3.66. The van der Waals surface area contributed by atoms with Crippen molar-refractivity contribution in [3.63, 3.8) is 0 Å². The largest absolute Gasteiger partial charge is 0.455 e. The molecule has 1 N–H and O–H groups in total. The first kappa shape index (κ1) is 20.1. The van der Waals surface area contributed by atoms with Crippen LogP contribution in [0.25, 0.3) is 0 Å². The highest BCUT2D eigenvalue weighted by molar-refractivity contribution is 7.89. The van der Waals surface area contributed by atoms with Gasteiger partial charge in [0, 0.05) is 17.8 Å². The number of sulfonamides is 1. The number of hydrogen-bond donors (Lipinski definition) is 1. The van der Waals surface area contributed by atoms with E-state index in [1.165, 1.54) is 17.4 Å². The van der Waals surface area contributed by atoms with E-state index in [9.17, 15) is 13.2 Å². The molecule has 1 aromatic heterocycles. The number of carbonyl (C=O) groups is 1. The van der Waals surface area contributed by atoms with Crippen LogP contribution in [0.3, 0.4) is 0 Å². The van der Waals surface area contributed by atoms with E-state index in [4.69, 9.17) is 16.0 Å². The summed E-state index contributed by atoms with van der Waals surface area (Å²) in [5, 5.41) is 3.18. The van der Waals surface area contributed by atoms with Crippen molar-refractivity contribution in [2.24, 2.45) is 0 Å². The van der Waals surface area contributed by atoms with Gasteiger partial charge in [-0.2, -0.15) is 4.31 Å². The predicted octanol–water partition coefficient (Wildman–Crippen LogP) is 4.31. The Bertz CT molecular complexity index is 1090. The fourth-order valence-electron chi connectivity index (χ4n) is 2.54. The van der Waals surface area contributed by atoms with Gasteiger partial charge < -0.3 is 9.73 Å². The minimum absolute atomic E-state index is 0.000650. The molecule has 146 valence electrons. The van der Waals surface area contributed by atoms with E-state index in [-0.39, 0.29) is 17.2 Å². The summed E-state index contributed by atoms with van der Waals surface area (Å²) in [6, 6.07) is 16.4. The Morgan fingerprint density at radius 3 is 2.50 bits per heavy atom. The third-order valence-corrected chi connectivity index (χ3v) is 6.13. The summed E-state index contributed by atoms with van der Waals surface area (Å²) in [6.07, 6.45) is 0. The Labute approximate surface area is 168 Å². The number of anilines is 1. The Morgan fingerprint density at radius 2 is 1.82 bits per heavy atom. The van der Waals surface area contributed by atoms with Crippen LogP contribution in [0.15, 0.2) is 70.0 Å². The van der Waals surface area contributed by atoms with E-state index < -0.39 is 15.9 Å². The SMILES string of the molecule is Cc1ccc(S(=O)(=O)N(C)Cc2ccc(C(=O)Nc3cccc(Cl)c3)o2)cc1. The highest BCUT2D eigenvalue weighted by Crippen LogP contribution is 2.20. The topological polar surface area (TPSA) is 79.6 Å². The fraction of sp³-hybridized carbons (Fsp3) is 0.150. The summed E-state index contributed by atoms with van der Waals surface area (Å²) in [7, 11) is -2.20. The molecule has 8 heteroatoms. The first-order chi connectivity index (χ1) is 13.3. The smallest absolute Gasteiger partial charge is 0.291 e. The number of aryl methyl sites for hydroxylation is 1. The first-order valence-electron chi connectivity index (χ1n) is 8.44. The quantitative estimate of drug-likeness (QED) is 0.646. The van der Waals surface area contributed by atoms with E-state index in [1.54, 1.807) is 54.6 Å². The van der Waals surface area contributed by atoms with Gasteiger partial charge in [0.15, 0.2) is 5.76 Å². The van der Waals surface area contributed by atoms with Crippen LogP contribution < -0.4 is 5.32 Å². The molecule has 0 bridgehead atoms. The van der Waals surface area contributed by atoms with Gasteiger partial charge in [0.1, 0.15) is 5.76 Å². The van der Waals surface area contributed by atoms with Crippen molar-refractivity contribution in [3.05, 3.63) is 82.8 Å². The molecule has 0 unspecified atom stereocenters. The van der Waals surface area contributed by atoms with Crippen molar-refractivity contribution in [2.75, 3.05) is 12.4 Å². The molecule has 0 aliphatic carbocycles. The highest BCUT2D eigenvalue weighted by Gasteiger charge is 2.22. The summed E-state index contributed by atoms with van der Waals surface area (Å²) in [6.45, 7) is 1.89. The Kier molecular flexibility index (Phi) is 5.88. The molecule has 0 radical (unpaired) electrons. The normalized spacial score (nSPS) is 11.6. The zero-order valence-corrected chi connectivity index (χ0v) is 16.9. The fourth-order valence-corrected chi connectivity index (χ4v) is 3.87. The third-order valence-electron chi connectivity index (χ3n) is 4.08. The zero-order chi connectivity index (χ0) is 20.3.